The molecule has 134 valence electrons. The largest absolute Gasteiger partial charge is 0.444 e. The fourth-order valence-corrected chi connectivity index (χ4v) is 4.27. The maximum Gasteiger partial charge on any atom is 0.410 e. The second kappa shape index (κ2) is 5.93. The van der Waals surface area contributed by atoms with Crippen molar-refractivity contribution in [3.05, 3.63) is 0 Å². The Morgan fingerprint density at radius 2 is 1.79 bits per heavy atom. The fraction of sp³-hybridized carbons (Fsp3) is 0.824. The highest BCUT2D eigenvalue weighted by Crippen LogP contribution is 2.43. The molecule has 2 heterocycles. The Morgan fingerprint density at radius 1 is 1.08 bits per heavy atom. The minimum Gasteiger partial charge on any atom is -0.444 e. The molecule has 3 fully saturated rings. The number of nitrogens with zero attached hydrogens (tertiary/aromatic N) is 2. The Labute approximate surface area is 142 Å². The van der Waals surface area contributed by atoms with Crippen LogP contribution in [0.4, 0.5) is 4.79 Å². The van der Waals surface area contributed by atoms with Gasteiger partial charge in [-0.1, -0.05) is 6.42 Å². The highest BCUT2D eigenvalue weighted by molar-refractivity contribution is 5.92. The number of ether oxygens (including phenoxy) is 1. The molecule has 0 radical (unpaired) electrons. The smallest absolute Gasteiger partial charge is 0.410 e. The van der Waals surface area contributed by atoms with Gasteiger partial charge in [-0.2, -0.15) is 0 Å². The van der Waals surface area contributed by atoms with Crippen molar-refractivity contribution in [1.82, 2.24) is 9.80 Å². The molecule has 2 N–H and O–H groups in total. The summed E-state index contributed by atoms with van der Waals surface area (Å²) < 4.78 is 5.36. The molecule has 3 rings (SSSR count). The van der Waals surface area contributed by atoms with Crippen LogP contribution in [0.3, 0.4) is 0 Å². The summed E-state index contributed by atoms with van der Waals surface area (Å²) >= 11 is 0. The first-order chi connectivity index (χ1) is 11.2. The summed E-state index contributed by atoms with van der Waals surface area (Å²) in [6.45, 7) is 6.48. The average molecular weight is 337 g/mol. The fourth-order valence-electron chi connectivity index (χ4n) is 4.27. The summed E-state index contributed by atoms with van der Waals surface area (Å²) in [6.07, 6.45) is 3.22. The third-order valence-corrected chi connectivity index (χ3v) is 5.40. The number of fused-ring (bicyclic) bond motifs is 1. The van der Waals surface area contributed by atoms with Gasteiger partial charge in [-0.25, -0.2) is 4.79 Å². The summed E-state index contributed by atoms with van der Waals surface area (Å²) in [6, 6.07) is -1.05. The van der Waals surface area contributed by atoms with Crippen LogP contribution in [0.15, 0.2) is 0 Å². The van der Waals surface area contributed by atoms with Gasteiger partial charge in [0.25, 0.3) is 0 Å². The lowest BCUT2D eigenvalue weighted by atomic mass is 9.93. The van der Waals surface area contributed by atoms with Crippen LogP contribution in [0.25, 0.3) is 0 Å². The standard InChI is InChI=1S/C17H27N3O4/c1-17(2,3)24-16(23)19-8-7-12(19)15(22)20-9-10-5-4-6-11(10)13(20)14(18)21/h10-13H,4-9H2,1-3H3,(H2,18,21)/t10-,11-,12+,13-/m0/s1. The summed E-state index contributed by atoms with van der Waals surface area (Å²) in [5.74, 6) is -0.0470. The van der Waals surface area contributed by atoms with E-state index in [4.69, 9.17) is 10.5 Å². The number of rotatable bonds is 2. The van der Waals surface area contributed by atoms with E-state index in [0.717, 1.165) is 19.3 Å². The van der Waals surface area contributed by atoms with E-state index in [-0.39, 0.29) is 11.8 Å². The quantitative estimate of drug-likeness (QED) is 0.817. The Morgan fingerprint density at radius 3 is 2.33 bits per heavy atom. The number of primary amides is 1. The lowest BCUT2D eigenvalue weighted by molar-refractivity contribution is -0.146. The van der Waals surface area contributed by atoms with Gasteiger partial charge in [-0.3, -0.25) is 14.5 Å². The van der Waals surface area contributed by atoms with Gasteiger partial charge in [0.05, 0.1) is 0 Å². The summed E-state index contributed by atoms with van der Waals surface area (Å²) in [7, 11) is 0. The molecule has 0 aromatic carbocycles. The summed E-state index contributed by atoms with van der Waals surface area (Å²) in [5, 5.41) is 0. The van der Waals surface area contributed by atoms with Gasteiger partial charge < -0.3 is 15.4 Å². The van der Waals surface area contributed by atoms with Crippen molar-refractivity contribution in [2.24, 2.45) is 17.6 Å². The Hall–Kier alpha value is -1.79. The molecule has 0 spiro atoms. The van der Waals surface area contributed by atoms with E-state index >= 15 is 0 Å². The second-order valence-corrected chi connectivity index (χ2v) is 8.17. The Bertz CT molecular complexity index is 557. The number of likely N-dealkylation sites (tertiary alicyclic amines) is 2. The number of nitrogens with two attached hydrogens (primary N) is 1. The highest BCUT2D eigenvalue weighted by atomic mass is 16.6. The van der Waals surface area contributed by atoms with Crippen LogP contribution in [0, 0.1) is 11.8 Å². The van der Waals surface area contributed by atoms with Crippen molar-refractivity contribution < 1.29 is 19.1 Å². The second-order valence-electron chi connectivity index (χ2n) is 8.17. The van der Waals surface area contributed by atoms with E-state index in [0.29, 0.717) is 25.4 Å². The zero-order valence-corrected chi connectivity index (χ0v) is 14.7. The van der Waals surface area contributed by atoms with Crippen LogP contribution in [-0.2, 0) is 14.3 Å². The minimum absolute atomic E-state index is 0.162. The Balaban J connectivity index is 1.70. The molecule has 4 atom stereocenters. The first kappa shape index (κ1) is 17.0. The van der Waals surface area contributed by atoms with Crippen molar-refractivity contribution in [3.63, 3.8) is 0 Å². The van der Waals surface area contributed by atoms with Gasteiger partial charge in [0, 0.05) is 13.1 Å². The highest BCUT2D eigenvalue weighted by Gasteiger charge is 2.52. The van der Waals surface area contributed by atoms with Gasteiger partial charge in [-0.05, 0) is 51.9 Å². The van der Waals surface area contributed by atoms with Gasteiger partial charge in [0.2, 0.25) is 11.8 Å². The molecule has 7 heteroatoms. The van der Waals surface area contributed by atoms with Gasteiger partial charge in [-0.15, -0.1) is 0 Å². The molecular formula is C17H27N3O4. The predicted octanol–water partition coefficient (Wildman–Crippen LogP) is 1.11. The molecule has 24 heavy (non-hydrogen) atoms. The van der Waals surface area contributed by atoms with Gasteiger partial charge in [0.1, 0.15) is 17.7 Å². The van der Waals surface area contributed by atoms with Crippen LogP contribution in [0.5, 0.6) is 0 Å². The third-order valence-electron chi connectivity index (χ3n) is 5.40. The number of hydrogen-bond donors (Lipinski definition) is 1. The van der Waals surface area contributed by atoms with E-state index in [1.54, 1.807) is 25.7 Å². The summed E-state index contributed by atoms with van der Waals surface area (Å²) in [4.78, 5) is 40.1. The van der Waals surface area contributed by atoms with Crippen molar-refractivity contribution in [2.45, 2.75) is 64.1 Å². The Kier molecular flexibility index (Phi) is 4.21. The van der Waals surface area contributed by atoms with E-state index in [1.807, 2.05) is 0 Å². The van der Waals surface area contributed by atoms with Crippen LogP contribution >= 0.6 is 0 Å². The lowest BCUT2D eigenvalue weighted by Crippen LogP contribution is -2.61. The van der Waals surface area contributed by atoms with Crippen molar-refractivity contribution >= 4 is 17.9 Å². The maximum absolute atomic E-state index is 12.9. The van der Waals surface area contributed by atoms with Crippen molar-refractivity contribution in [1.29, 1.82) is 0 Å². The molecule has 0 aromatic heterocycles. The van der Waals surface area contributed by atoms with Crippen molar-refractivity contribution in [3.8, 4) is 0 Å². The molecular weight excluding hydrogens is 310 g/mol. The lowest BCUT2D eigenvalue weighted by Gasteiger charge is -2.42. The first-order valence-electron chi connectivity index (χ1n) is 8.78. The first-order valence-corrected chi connectivity index (χ1v) is 8.78. The van der Waals surface area contributed by atoms with E-state index in [2.05, 4.69) is 0 Å². The van der Waals surface area contributed by atoms with Gasteiger partial charge in [0.15, 0.2) is 0 Å². The normalized spacial score (nSPS) is 32.3. The minimum atomic E-state index is -0.597. The van der Waals surface area contributed by atoms with E-state index in [1.165, 1.54) is 4.90 Å². The monoisotopic (exact) mass is 337 g/mol. The molecule has 1 aliphatic carbocycles. The topological polar surface area (TPSA) is 92.9 Å². The molecule has 1 saturated carbocycles. The van der Waals surface area contributed by atoms with Crippen molar-refractivity contribution in [2.75, 3.05) is 13.1 Å². The molecule has 0 aromatic rings. The molecule has 2 aliphatic heterocycles. The molecule has 0 bridgehead atoms. The predicted molar refractivity (Wildman–Crippen MR) is 86.9 cm³/mol. The van der Waals surface area contributed by atoms with Crippen LogP contribution in [0.1, 0.15) is 46.5 Å². The summed E-state index contributed by atoms with van der Waals surface area (Å²) in [5.41, 5.74) is 4.98. The number of amides is 3. The zero-order valence-electron chi connectivity index (χ0n) is 14.7. The number of carbonyl (C=O) groups excluding carboxylic acids is 3. The molecule has 0 unspecified atom stereocenters. The SMILES string of the molecule is CC(C)(C)OC(=O)N1CC[C@@H]1C(=O)N1C[C@@H]2CCC[C@@H]2[C@H]1C(N)=O. The maximum atomic E-state index is 12.9. The molecule has 3 amide bonds. The molecule has 7 nitrogen and oxygen atoms in total. The molecule has 3 aliphatic rings. The zero-order chi connectivity index (χ0) is 17.6. The number of hydrogen-bond acceptors (Lipinski definition) is 4. The third kappa shape index (κ3) is 2.96. The average Bonchev–Trinajstić information content (AvgIpc) is 2.93. The van der Waals surface area contributed by atoms with Crippen LogP contribution in [-0.4, -0.2) is 58.5 Å². The van der Waals surface area contributed by atoms with E-state index < -0.39 is 29.7 Å². The number of carbonyl (C=O) groups is 3. The van der Waals surface area contributed by atoms with E-state index in [9.17, 15) is 14.4 Å². The van der Waals surface area contributed by atoms with Crippen LogP contribution in [0.2, 0.25) is 0 Å². The van der Waals surface area contributed by atoms with Gasteiger partial charge >= 0.3 is 6.09 Å². The van der Waals surface area contributed by atoms with Crippen LogP contribution < -0.4 is 5.73 Å². The molecule has 2 saturated heterocycles.